The van der Waals surface area contributed by atoms with Gasteiger partial charge in [-0.15, -0.1) is 0 Å². The highest BCUT2D eigenvalue weighted by Gasteiger charge is 2.10. The van der Waals surface area contributed by atoms with Crippen LogP contribution in [-0.2, 0) is 6.54 Å². The molecule has 22 heavy (non-hydrogen) atoms. The van der Waals surface area contributed by atoms with Crippen LogP contribution in [0.4, 0.5) is 0 Å². The first-order chi connectivity index (χ1) is 10.6. The first-order valence-electron chi connectivity index (χ1n) is 7.07. The van der Waals surface area contributed by atoms with Crippen molar-refractivity contribution in [3.63, 3.8) is 0 Å². The number of nitrogens with one attached hydrogen (secondary N) is 1. The Morgan fingerprint density at radius 3 is 2.68 bits per heavy atom. The molecule has 1 atom stereocenters. The molecule has 3 nitrogen and oxygen atoms in total. The first kappa shape index (κ1) is 17.3. The van der Waals surface area contributed by atoms with Crippen LogP contribution in [0.5, 0.6) is 5.75 Å². The Kier molecular flexibility index (Phi) is 6.70. The summed E-state index contributed by atoms with van der Waals surface area (Å²) in [5.74, 6) is 0.714. The molecule has 0 bridgehead atoms. The summed E-state index contributed by atoms with van der Waals surface area (Å²) >= 11 is 9.39. The van der Waals surface area contributed by atoms with Crippen LogP contribution in [0.15, 0.2) is 46.9 Å². The summed E-state index contributed by atoms with van der Waals surface area (Å²) in [4.78, 5) is 0. The fraction of sp³-hybridized carbons (Fsp3) is 0.294. The van der Waals surface area contributed by atoms with Gasteiger partial charge in [-0.3, -0.25) is 0 Å². The Hall–Kier alpha value is -1.07. The summed E-state index contributed by atoms with van der Waals surface area (Å²) < 4.78 is 6.49. The molecule has 2 rings (SSSR count). The van der Waals surface area contributed by atoms with Gasteiger partial charge in [-0.2, -0.15) is 0 Å². The minimum absolute atomic E-state index is 0.225. The molecule has 0 saturated heterocycles. The van der Waals surface area contributed by atoms with Crippen LogP contribution in [0.25, 0.3) is 0 Å². The van der Waals surface area contributed by atoms with Crippen molar-refractivity contribution in [1.82, 2.24) is 5.32 Å². The molecule has 0 saturated carbocycles. The molecule has 0 radical (unpaired) electrons. The largest absolute Gasteiger partial charge is 0.489 e. The van der Waals surface area contributed by atoms with Crippen molar-refractivity contribution in [1.29, 1.82) is 0 Å². The van der Waals surface area contributed by atoms with Crippen molar-refractivity contribution in [3.05, 3.63) is 63.1 Å². The molecule has 0 spiro atoms. The molecule has 118 valence electrons. The third kappa shape index (κ3) is 5.29. The van der Waals surface area contributed by atoms with E-state index in [9.17, 15) is 5.11 Å². The van der Waals surface area contributed by atoms with Crippen molar-refractivity contribution < 1.29 is 9.84 Å². The van der Waals surface area contributed by atoms with Gasteiger partial charge < -0.3 is 15.2 Å². The summed E-state index contributed by atoms with van der Waals surface area (Å²) in [5, 5.41) is 13.9. The van der Waals surface area contributed by atoms with Crippen LogP contribution in [-0.4, -0.2) is 24.4 Å². The lowest BCUT2D eigenvalue weighted by atomic mass is 10.2. The average molecular weight is 385 g/mol. The molecule has 0 fully saturated rings. The molecular formula is C17H19BrClNO2. The van der Waals surface area contributed by atoms with Crippen LogP contribution in [0, 0.1) is 6.92 Å². The van der Waals surface area contributed by atoms with Gasteiger partial charge in [0.05, 0.1) is 4.47 Å². The second kappa shape index (κ2) is 8.53. The SMILES string of the molecule is Cc1cc(Cl)cc(Br)c1OC[C@H](O)CNCc1ccccc1. The molecule has 0 heterocycles. The van der Waals surface area contributed by atoms with Gasteiger partial charge in [-0.1, -0.05) is 41.9 Å². The lowest BCUT2D eigenvalue weighted by molar-refractivity contribution is 0.105. The summed E-state index contributed by atoms with van der Waals surface area (Å²) in [6.07, 6.45) is -0.578. The maximum Gasteiger partial charge on any atom is 0.136 e. The normalized spacial score (nSPS) is 12.2. The molecule has 2 aromatic rings. The number of aliphatic hydroxyl groups is 1. The van der Waals surface area contributed by atoms with Crippen LogP contribution in [0.1, 0.15) is 11.1 Å². The minimum Gasteiger partial charge on any atom is -0.489 e. The molecule has 0 aliphatic rings. The van der Waals surface area contributed by atoms with E-state index >= 15 is 0 Å². The summed E-state index contributed by atoms with van der Waals surface area (Å²) in [6, 6.07) is 13.7. The molecule has 0 aliphatic heterocycles. The van der Waals surface area contributed by atoms with Gasteiger partial charge in [-0.25, -0.2) is 0 Å². The molecule has 0 aliphatic carbocycles. The number of hydrogen-bond acceptors (Lipinski definition) is 3. The summed E-state index contributed by atoms with van der Waals surface area (Å²) in [6.45, 7) is 3.34. The van der Waals surface area contributed by atoms with E-state index in [0.29, 0.717) is 17.3 Å². The zero-order chi connectivity index (χ0) is 15.9. The average Bonchev–Trinajstić information content (AvgIpc) is 2.47. The molecule has 2 aromatic carbocycles. The third-order valence-electron chi connectivity index (χ3n) is 3.17. The highest BCUT2D eigenvalue weighted by atomic mass is 79.9. The van der Waals surface area contributed by atoms with Crippen molar-refractivity contribution in [2.24, 2.45) is 0 Å². The second-order valence-electron chi connectivity index (χ2n) is 5.11. The van der Waals surface area contributed by atoms with Crippen LogP contribution in [0.3, 0.4) is 0 Å². The van der Waals surface area contributed by atoms with E-state index in [2.05, 4.69) is 21.2 Å². The van der Waals surface area contributed by atoms with Crippen molar-refractivity contribution in [2.75, 3.05) is 13.2 Å². The standard InChI is InChI=1S/C17H19BrClNO2/c1-12-7-14(19)8-16(18)17(12)22-11-15(21)10-20-9-13-5-3-2-4-6-13/h2-8,15,20-21H,9-11H2,1H3/t15-/m1/s1. The molecular weight excluding hydrogens is 366 g/mol. The number of benzene rings is 2. The monoisotopic (exact) mass is 383 g/mol. The Labute approximate surface area is 144 Å². The fourth-order valence-corrected chi connectivity index (χ4v) is 3.17. The van der Waals surface area contributed by atoms with Gasteiger partial charge in [0.2, 0.25) is 0 Å². The minimum atomic E-state index is -0.578. The quantitative estimate of drug-likeness (QED) is 0.760. The predicted octanol–water partition coefficient (Wildman–Crippen LogP) is 3.94. The van der Waals surface area contributed by atoms with Crippen molar-refractivity contribution in [3.8, 4) is 5.75 Å². The number of hydrogen-bond donors (Lipinski definition) is 2. The maximum atomic E-state index is 10.00. The third-order valence-corrected chi connectivity index (χ3v) is 3.97. The van der Waals surface area contributed by atoms with Crippen molar-refractivity contribution >= 4 is 27.5 Å². The Bertz CT molecular complexity index is 584. The molecule has 5 heteroatoms. The van der Waals surface area contributed by atoms with E-state index in [1.54, 1.807) is 6.07 Å². The van der Waals surface area contributed by atoms with Crippen LogP contribution < -0.4 is 10.1 Å². The van der Waals surface area contributed by atoms with Crippen molar-refractivity contribution in [2.45, 2.75) is 19.6 Å². The van der Waals surface area contributed by atoms with E-state index < -0.39 is 6.10 Å². The molecule has 2 N–H and O–H groups in total. The van der Waals surface area contributed by atoms with E-state index in [1.807, 2.05) is 43.3 Å². The van der Waals surface area contributed by atoms with Crippen LogP contribution in [0.2, 0.25) is 5.02 Å². The number of ether oxygens (including phenoxy) is 1. The number of halogens is 2. The zero-order valence-electron chi connectivity index (χ0n) is 12.4. The van der Waals surface area contributed by atoms with E-state index in [4.69, 9.17) is 16.3 Å². The van der Waals surface area contributed by atoms with E-state index in [-0.39, 0.29) is 6.61 Å². The number of aliphatic hydroxyl groups excluding tert-OH is 1. The Balaban J connectivity index is 1.77. The fourth-order valence-electron chi connectivity index (χ4n) is 2.09. The molecule has 0 unspecified atom stereocenters. The Morgan fingerprint density at radius 1 is 1.27 bits per heavy atom. The highest BCUT2D eigenvalue weighted by Crippen LogP contribution is 2.32. The summed E-state index contributed by atoms with van der Waals surface area (Å²) in [7, 11) is 0. The van der Waals surface area contributed by atoms with Gasteiger partial charge in [0, 0.05) is 18.1 Å². The van der Waals surface area contributed by atoms with Gasteiger partial charge in [0.25, 0.3) is 0 Å². The lowest BCUT2D eigenvalue weighted by Gasteiger charge is -2.16. The smallest absolute Gasteiger partial charge is 0.136 e. The zero-order valence-corrected chi connectivity index (χ0v) is 14.7. The van der Waals surface area contributed by atoms with Gasteiger partial charge in [0.1, 0.15) is 18.5 Å². The van der Waals surface area contributed by atoms with E-state index in [0.717, 1.165) is 16.6 Å². The number of aryl methyl sites for hydroxylation is 1. The van der Waals surface area contributed by atoms with Crippen LogP contribution >= 0.6 is 27.5 Å². The Morgan fingerprint density at radius 2 is 2.00 bits per heavy atom. The summed E-state index contributed by atoms with van der Waals surface area (Å²) in [5.41, 5.74) is 2.12. The molecule has 0 amide bonds. The van der Waals surface area contributed by atoms with Gasteiger partial charge in [0.15, 0.2) is 0 Å². The topological polar surface area (TPSA) is 41.5 Å². The van der Waals surface area contributed by atoms with Gasteiger partial charge >= 0.3 is 0 Å². The van der Waals surface area contributed by atoms with E-state index in [1.165, 1.54) is 5.56 Å². The number of rotatable bonds is 7. The van der Waals surface area contributed by atoms with Gasteiger partial charge in [-0.05, 0) is 46.1 Å². The molecule has 0 aromatic heterocycles. The first-order valence-corrected chi connectivity index (χ1v) is 8.24. The maximum absolute atomic E-state index is 10.00. The predicted molar refractivity (Wildman–Crippen MR) is 93.5 cm³/mol. The highest BCUT2D eigenvalue weighted by molar-refractivity contribution is 9.10. The lowest BCUT2D eigenvalue weighted by Crippen LogP contribution is -2.31. The second-order valence-corrected chi connectivity index (χ2v) is 6.41.